The van der Waals surface area contributed by atoms with Crippen LogP contribution in [0.15, 0.2) is 47.7 Å². The van der Waals surface area contributed by atoms with Gasteiger partial charge in [-0.3, -0.25) is 0 Å². The second-order valence-electron chi connectivity index (χ2n) is 6.70. The largest absolute Gasteiger partial charge is 0.495 e. The lowest BCUT2D eigenvalue weighted by Crippen LogP contribution is -2.38. The Morgan fingerprint density at radius 3 is 2.38 bits per heavy atom. The molecule has 0 aliphatic carbocycles. The van der Waals surface area contributed by atoms with Crippen LogP contribution in [-0.2, 0) is 23.8 Å². The van der Waals surface area contributed by atoms with Gasteiger partial charge in [-0.2, -0.15) is 4.80 Å². The number of halogens is 1. The van der Waals surface area contributed by atoms with Crippen molar-refractivity contribution in [2.75, 3.05) is 39.6 Å². The predicted molar refractivity (Wildman–Crippen MR) is 115 cm³/mol. The van der Waals surface area contributed by atoms with Gasteiger partial charge in [-0.15, -0.1) is 10.2 Å². The van der Waals surface area contributed by atoms with E-state index in [9.17, 15) is 9.59 Å². The number of anilines is 1. The van der Waals surface area contributed by atoms with Gasteiger partial charge in [0.05, 0.1) is 44.2 Å². The maximum absolute atomic E-state index is 12.5. The van der Waals surface area contributed by atoms with Crippen molar-refractivity contribution < 1.29 is 28.5 Å². The van der Waals surface area contributed by atoms with Crippen LogP contribution in [0.1, 0.15) is 0 Å². The molecular weight excluding hydrogens is 440 g/mol. The van der Waals surface area contributed by atoms with Gasteiger partial charge < -0.3 is 23.8 Å². The topological polar surface area (TPSA) is 105 Å². The summed E-state index contributed by atoms with van der Waals surface area (Å²) in [6.07, 6.45) is 0. The van der Waals surface area contributed by atoms with Gasteiger partial charge in [0, 0.05) is 5.69 Å². The summed E-state index contributed by atoms with van der Waals surface area (Å²) in [5.74, 6) is -0.799. The first-order chi connectivity index (χ1) is 15.5. The molecule has 4 rings (SSSR count). The maximum Gasteiger partial charge on any atom is 0.355 e. The van der Waals surface area contributed by atoms with Gasteiger partial charge in [0.2, 0.25) is 0 Å². The van der Waals surface area contributed by atoms with Crippen LogP contribution < -0.4 is 9.64 Å². The van der Waals surface area contributed by atoms with Crippen LogP contribution in [-0.4, -0.2) is 61.6 Å². The molecule has 0 atom stereocenters. The minimum atomic E-state index is -0.676. The average molecular weight is 459 g/mol. The molecule has 11 heteroatoms. The van der Waals surface area contributed by atoms with Crippen molar-refractivity contribution in [2.24, 2.45) is 0 Å². The van der Waals surface area contributed by atoms with Gasteiger partial charge in [0.15, 0.2) is 0 Å². The lowest BCUT2D eigenvalue weighted by Gasteiger charge is -2.31. The first kappa shape index (κ1) is 21.6. The molecule has 1 aromatic heterocycles. The molecule has 0 fully saturated rings. The van der Waals surface area contributed by atoms with Gasteiger partial charge in [0.25, 0.3) is 0 Å². The monoisotopic (exact) mass is 458 g/mol. The van der Waals surface area contributed by atoms with Crippen molar-refractivity contribution in [3.05, 3.63) is 52.7 Å². The molecule has 32 heavy (non-hydrogen) atoms. The highest BCUT2D eigenvalue weighted by Gasteiger charge is 2.32. The van der Waals surface area contributed by atoms with E-state index in [1.165, 1.54) is 31.0 Å². The van der Waals surface area contributed by atoms with Crippen molar-refractivity contribution in [3.8, 4) is 11.4 Å². The van der Waals surface area contributed by atoms with Crippen LogP contribution in [0.2, 0.25) is 5.02 Å². The molecule has 10 nitrogen and oxygen atoms in total. The molecule has 2 aromatic carbocycles. The standard InChI is InChI=1S/C21H19ClN4O6/c1-29-18-7-5-13(8-15(18)22)26-23-16-6-4-12(9-17(16)24-26)25-11-32-10-14(20(27)30-2)19(25)21(28)31-3/h4-9H,10-11H2,1-3H3. The van der Waals surface area contributed by atoms with Crippen molar-refractivity contribution in [1.29, 1.82) is 0 Å². The minimum Gasteiger partial charge on any atom is -0.495 e. The number of ether oxygens (including phenoxy) is 4. The zero-order valence-electron chi connectivity index (χ0n) is 17.5. The number of nitrogens with zero attached hydrogens (tertiary/aromatic N) is 4. The SMILES string of the molecule is COC(=O)C1=C(C(=O)OC)N(c2ccc3nn(-c4ccc(OC)c(Cl)c4)nc3c2)COC1. The number of benzene rings is 2. The summed E-state index contributed by atoms with van der Waals surface area (Å²) in [5.41, 5.74) is 2.53. The third kappa shape index (κ3) is 3.85. The minimum absolute atomic E-state index is 0.0403. The highest BCUT2D eigenvalue weighted by Crippen LogP contribution is 2.30. The third-order valence-electron chi connectivity index (χ3n) is 4.87. The Morgan fingerprint density at radius 2 is 1.69 bits per heavy atom. The normalized spacial score (nSPS) is 13.9. The number of rotatable bonds is 5. The third-order valence-corrected chi connectivity index (χ3v) is 5.17. The van der Waals surface area contributed by atoms with Crippen molar-refractivity contribution in [1.82, 2.24) is 15.0 Å². The number of carbonyl (C=O) groups excluding carboxylic acids is 2. The molecule has 0 amide bonds. The number of fused-ring (bicyclic) bond motifs is 1. The fourth-order valence-electron chi connectivity index (χ4n) is 3.31. The highest BCUT2D eigenvalue weighted by atomic mass is 35.5. The maximum atomic E-state index is 12.5. The quantitative estimate of drug-likeness (QED) is 0.533. The highest BCUT2D eigenvalue weighted by molar-refractivity contribution is 6.32. The van der Waals surface area contributed by atoms with Crippen LogP contribution in [0.4, 0.5) is 5.69 Å². The smallest absolute Gasteiger partial charge is 0.355 e. The van der Waals surface area contributed by atoms with E-state index in [4.69, 9.17) is 30.5 Å². The fourth-order valence-corrected chi connectivity index (χ4v) is 3.57. The summed E-state index contributed by atoms with van der Waals surface area (Å²) in [6.45, 7) is -0.0249. The van der Waals surface area contributed by atoms with Crippen LogP contribution >= 0.6 is 11.6 Å². The number of hydrogen-bond donors (Lipinski definition) is 0. The summed E-state index contributed by atoms with van der Waals surface area (Å²) in [5, 5.41) is 9.41. The van der Waals surface area contributed by atoms with Crippen molar-refractivity contribution in [3.63, 3.8) is 0 Å². The van der Waals surface area contributed by atoms with E-state index in [0.717, 1.165) is 0 Å². The summed E-state index contributed by atoms with van der Waals surface area (Å²) in [6, 6.07) is 10.4. The molecule has 0 radical (unpaired) electrons. The average Bonchev–Trinajstić information content (AvgIpc) is 3.26. The molecule has 2 heterocycles. The van der Waals surface area contributed by atoms with Crippen LogP contribution in [0, 0.1) is 0 Å². The lowest BCUT2D eigenvalue weighted by molar-refractivity contribution is -0.140. The first-order valence-corrected chi connectivity index (χ1v) is 9.80. The molecule has 0 saturated heterocycles. The van der Waals surface area contributed by atoms with E-state index in [-0.39, 0.29) is 24.6 Å². The summed E-state index contributed by atoms with van der Waals surface area (Å²) in [4.78, 5) is 27.6. The second kappa shape index (κ2) is 8.85. The van der Waals surface area contributed by atoms with Crippen molar-refractivity contribution >= 4 is 40.3 Å². The van der Waals surface area contributed by atoms with E-state index in [1.54, 1.807) is 36.4 Å². The van der Waals surface area contributed by atoms with Crippen LogP contribution in [0.3, 0.4) is 0 Å². The van der Waals surface area contributed by atoms with Gasteiger partial charge in [-0.25, -0.2) is 9.59 Å². The Morgan fingerprint density at radius 1 is 0.969 bits per heavy atom. The molecule has 0 unspecified atom stereocenters. The molecule has 1 aliphatic rings. The number of carbonyl (C=O) groups is 2. The van der Waals surface area contributed by atoms with Crippen molar-refractivity contribution in [2.45, 2.75) is 0 Å². The Bertz CT molecular complexity index is 1240. The van der Waals surface area contributed by atoms with E-state index in [0.29, 0.717) is 33.2 Å². The van der Waals surface area contributed by atoms with Crippen LogP contribution in [0.25, 0.3) is 16.7 Å². The van der Waals surface area contributed by atoms with Gasteiger partial charge in [-0.05, 0) is 36.4 Å². The molecule has 0 saturated carbocycles. The van der Waals surface area contributed by atoms with Gasteiger partial charge in [0.1, 0.15) is 29.2 Å². The lowest BCUT2D eigenvalue weighted by atomic mass is 10.1. The van der Waals surface area contributed by atoms with E-state index in [2.05, 4.69) is 10.2 Å². The Balaban J connectivity index is 1.75. The summed E-state index contributed by atoms with van der Waals surface area (Å²) < 4.78 is 20.4. The Labute approximate surface area is 187 Å². The van der Waals surface area contributed by atoms with Gasteiger partial charge >= 0.3 is 11.9 Å². The van der Waals surface area contributed by atoms with E-state index in [1.807, 2.05) is 0 Å². The predicted octanol–water partition coefficient (Wildman–Crippen LogP) is 2.48. The van der Waals surface area contributed by atoms with Gasteiger partial charge in [-0.1, -0.05) is 11.6 Å². The van der Waals surface area contributed by atoms with Crippen LogP contribution in [0.5, 0.6) is 5.75 Å². The van der Waals surface area contributed by atoms with E-state index >= 15 is 0 Å². The fraction of sp³-hybridized carbons (Fsp3) is 0.238. The number of esters is 2. The molecule has 0 N–H and O–H groups in total. The number of hydrogen-bond acceptors (Lipinski definition) is 9. The first-order valence-electron chi connectivity index (χ1n) is 9.43. The molecule has 0 spiro atoms. The van der Waals surface area contributed by atoms with E-state index < -0.39 is 11.9 Å². The Hall–Kier alpha value is -3.63. The number of methoxy groups -OCH3 is 3. The molecule has 0 bridgehead atoms. The Kier molecular flexibility index (Phi) is 5.97. The molecular formula is C21H19ClN4O6. The molecule has 1 aliphatic heterocycles. The molecule has 3 aromatic rings. The second-order valence-corrected chi connectivity index (χ2v) is 7.10. The molecule has 166 valence electrons. The summed E-state index contributed by atoms with van der Waals surface area (Å²) in [7, 11) is 4.02. The zero-order valence-corrected chi connectivity index (χ0v) is 18.3. The zero-order chi connectivity index (χ0) is 22.8. The summed E-state index contributed by atoms with van der Waals surface area (Å²) >= 11 is 6.21. The number of aromatic nitrogens is 3.